The van der Waals surface area contributed by atoms with E-state index in [1.165, 1.54) is 18.3 Å². The van der Waals surface area contributed by atoms with Crippen molar-refractivity contribution in [1.29, 1.82) is 0 Å². The highest BCUT2D eigenvalue weighted by Crippen LogP contribution is 2.09. The standard InChI is InChI=1S/C9H14N2O3S/c1-9(14,8(12)13)5-11(2)3-7-4-15-6-10-7/h4,6,14H,3,5H2,1-2H3,(H,12,13). The largest absolute Gasteiger partial charge is 0.479 e. The molecule has 0 saturated heterocycles. The van der Waals surface area contributed by atoms with Crippen molar-refractivity contribution in [2.75, 3.05) is 13.6 Å². The zero-order valence-electron chi connectivity index (χ0n) is 8.67. The van der Waals surface area contributed by atoms with Crippen LogP contribution in [0.25, 0.3) is 0 Å². The summed E-state index contributed by atoms with van der Waals surface area (Å²) >= 11 is 1.49. The van der Waals surface area contributed by atoms with Crippen molar-refractivity contribution < 1.29 is 15.0 Å². The third kappa shape index (κ3) is 3.58. The van der Waals surface area contributed by atoms with Gasteiger partial charge in [0.2, 0.25) is 0 Å². The Morgan fingerprint density at radius 3 is 2.87 bits per heavy atom. The summed E-state index contributed by atoms with van der Waals surface area (Å²) in [6.45, 7) is 1.89. The number of carbonyl (C=O) groups is 1. The highest BCUT2D eigenvalue weighted by molar-refractivity contribution is 7.07. The summed E-state index contributed by atoms with van der Waals surface area (Å²) in [4.78, 5) is 16.5. The van der Waals surface area contributed by atoms with Gasteiger partial charge in [0.05, 0.1) is 11.2 Å². The average molecular weight is 230 g/mol. The predicted octanol–water partition coefficient (Wildman–Crippen LogP) is 0.410. The minimum Gasteiger partial charge on any atom is -0.479 e. The number of thiazole rings is 1. The van der Waals surface area contributed by atoms with Gasteiger partial charge in [-0.2, -0.15) is 0 Å². The lowest BCUT2D eigenvalue weighted by Gasteiger charge is -2.24. The van der Waals surface area contributed by atoms with Crippen molar-refractivity contribution >= 4 is 17.3 Å². The third-order valence-corrected chi connectivity index (χ3v) is 2.59. The number of nitrogens with zero attached hydrogens (tertiary/aromatic N) is 2. The van der Waals surface area contributed by atoms with Gasteiger partial charge in [0.1, 0.15) is 0 Å². The summed E-state index contributed by atoms with van der Waals surface area (Å²) in [5.74, 6) is -1.22. The van der Waals surface area contributed by atoms with E-state index in [0.717, 1.165) is 5.69 Å². The number of carboxylic acid groups (broad SMARTS) is 1. The van der Waals surface area contributed by atoms with Crippen molar-refractivity contribution in [3.05, 3.63) is 16.6 Å². The summed E-state index contributed by atoms with van der Waals surface area (Å²) in [5, 5.41) is 20.2. The van der Waals surface area contributed by atoms with Gasteiger partial charge in [-0.25, -0.2) is 9.78 Å². The Bertz CT molecular complexity index is 324. The summed E-state index contributed by atoms with van der Waals surface area (Å²) in [5.41, 5.74) is 0.882. The average Bonchev–Trinajstić information content (AvgIpc) is 2.54. The van der Waals surface area contributed by atoms with Gasteiger partial charge in [-0.1, -0.05) is 0 Å². The fourth-order valence-corrected chi connectivity index (χ4v) is 1.79. The lowest BCUT2D eigenvalue weighted by Crippen LogP contribution is -2.45. The van der Waals surface area contributed by atoms with Crippen LogP contribution in [0, 0.1) is 0 Å². The maximum absolute atomic E-state index is 10.7. The fourth-order valence-electron chi connectivity index (χ4n) is 1.24. The van der Waals surface area contributed by atoms with E-state index in [-0.39, 0.29) is 6.54 Å². The van der Waals surface area contributed by atoms with Crippen molar-refractivity contribution in [2.45, 2.75) is 19.1 Å². The molecule has 1 heterocycles. The summed E-state index contributed by atoms with van der Waals surface area (Å²) in [6.07, 6.45) is 0. The molecule has 1 aromatic heterocycles. The Morgan fingerprint density at radius 2 is 2.40 bits per heavy atom. The monoisotopic (exact) mass is 230 g/mol. The van der Waals surface area contributed by atoms with Crippen LogP contribution in [0.15, 0.2) is 10.9 Å². The molecule has 0 radical (unpaired) electrons. The second-order valence-corrected chi connectivity index (χ2v) is 4.45. The molecule has 1 atom stereocenters. The van der Waals surface area contributed by atoms with E-state index in [0.29, 0.717) is 6.54 Å². The first-order chi connectivity index (χ1) is 6.92. The number of aromatic nitrogens is 1. The van der Waals surface area contributed by atoms with E-state index in [2.05, 4.69) is 4.98 Å². The van der Waals surface area contributed by atoms with E-state index in [4.69, 9.17) is 5.11 Å². The SMILES string of the molecule is CN(Cc1cscn1)CC(C)(O)C(=O)O. The van der Waals surface area contributed by atoms with Gasteiger partial charge in [-0.15, -0.1) is 11.3 Å². The van der Waals surface area contributed by atoms with Crippen LogP contribution in [-0.2, 0) is 11.3 Å². The molecule has 0 aliphatic heterocycles. The quantitative estimate of drug-likeness (QED) is 0.766. The first kappa shape index (κ1) is 12.1. The van der Waals surface area contributed by atoms with E-state index in [9.17, 15) is 9.90 Å². The van der Waals surface area contributed by atoms with Crippen LogP contribution in [0.1, 0.15) is 12.6 Å². The van der Waals surface area contributed by atoms with E-state index < -0.39 is 11.6 Å². The van der Waals surface area contributed by atoms with Crippen LogP contribution in [-0.4, -0.2) is 45.3 Å². The lowest BCUT2D eigenvalue weighted by atomic mass is 10.1. The summed E-state index contributed by atoms with van der Waals surface area (Å²) in [7, 11) is 1.75. The Morgan fingerprint density at radius 1 is 1.73 bits per heavy atom. The third-order valence-electron chi connectivity index (χ3n) is 1.95. The van der Waals surface area contributed by atoms with Crippen molar-refractivity contribution in [2.24, 2.45) is 0 Å². The smallest absolute Gasteiger partial charge is 0.336 e. The molecule has 15 heavy (non-hydrogen) atoms. The molecule has 0 aliphatic rings. The number of hydrogen-bond donors (Lipinski definition) is 2. The Kier molecular flexibility index (Phi) is 3.78. The molecule has 0 saturated carbocycles. The van der Waals surface area contributed by atoms with Gasteiger partial charge in [0.15, 0.2) is 5.60 Å². The number of carboxylic acids is 1. The summed E-state index contributed by atoms with van der Waals surface area (Å²) in [6, 6.07) is 0. The maximum atomic E-state index is 10.7. The van der Waals surface area contributed by atoms with E-state index in [1.807, 2.05) is 5.38 Å². The van der Waals surface area contributed by atoms with E-state index in [1.54, 1.807) is 17.5 Å². The van der Waals surface area contributed by atoms with Gasteiger partial charge in [-0.3, -0.25) is 4.90 Å². The molecule has 6 heteroatoms. The van der Waals surface area contributed by atoms with Crippen LogP contribution in [0.5, 0.6) is 0 Å². The normalized spacial score (nSPS) is 15.2. The molecular weight excluding hydrogens is 216 g/mol. The molecular formula is C9H14N2O3S. The number of aliphatic hydroxyl groups is 1. The van der Waals surface area contributed by atoms with Crippen molar-refractivity contribution in [3.8, 4) is 0 Å². The van der Waals surface area contributed by atoms with Crippen LogP contribution >= 0.6 is 11.3 Å². The lowest BCUT2D eigenvalue weighted by molar-refractivity contribution is -0.158. The molecule has 1 rings (SSSR count). The molecule has 0 amide bonds. The minimum atomic E-state index is -1.72. The van der Waals surface area contributed by atoms with Gasteiger partial charge in [0, 0.05) is 18.5 Å². The number of likely N-dealkylation sites (N-methyl/N-ethyl adjacent to an activating group) is 1. The Hall–Kier alpha value is -0.980. The maximum Gasteiger partial charge on any atom is 0.336 e. The molecule has 0 aliphatic carbocycles. The highest BCUT2D eigenvalue weighted by Gasteiger charge is 2.31. The first-order valence-electron chi connectivity index (χ1n) is 4.43. The van der Waals surface area contributed by atoms with Crippen LogP contribution in [0.2, 0.25) is 0 Å². The molecule has 0 aromatic carbocycles. The molecule has 1 unspecified atom stereocenters. The number of aliphatic carboxylic acids is 1. The topological polar surface area (TPSA) is 73.7 Å². The Balaban J connectivity index is 2.49. The number of rotatable bonds is 5. The molecule has 84 valence electrons. The molecule has 0 bridgehead atoms. The minimum absolute atomic E-state index is 0.0693. The summed E-state index contributed by atoms with van der Waals surface area (Å²) < 4.78 is 0. The molecule has 0 fully saturated rings. The van der Waals surface area contributed by atoms with Crippen LogP contribution < -0.4 is 0 Å². The van der Waals surface area contributed by atoms with E-state index >= 15 is 0 Å². The Labute approximate surface area is 92.0 Å². The van der Waals surface area contributed by atoms with Gasteiger partial charge < -0.3 is 10.2 Å². The highest BCUT2D eigenvalue weighted by atomic mass is 32.1. The zero-order valence-corrected chi connectivity index (χ0v) is 9.49. The van der Waals surface area contributed by atoms with Gasteiger partial charge in [0.25, 0.3) is 0 Å². The predicted molar refractivity (Wildman–Crippen MR) is 56.7 cm³/mol. The number of hydrogen-bond acceptors (Lipinski definition) is 5. The second-order valence-electron chi connectivity index (χ2n) is 3.73. The fraction of sp³-hybridized carbons (Fsp3) is 0.556. The van der Waals surface area contributed by atoms with Crippen molar-refractivity contribution in [3.63, 3.8) is 0 Å². The molecule has 5 nitrogen and oxygen atoms in total. The first-order valence-corrected chi connectivity index (χ1v) is 5.37. The van der Waals surface area contributed by atoms with Gasteiger partial charge in [-0.05, 0) is 14.0 Å². The molecule has 0 spiro atoms. The molecule has 1 aromatic rings. The van der Waals surface area contributed by atoms with Crippen LogP contribution in [0.3, 0.4) is 0 Å². The van der Waals surface area contributed by atoms with Gasteiger partial charge >= 0.3 is 5.97 Å². The second kappa shape index (κ2) is 4.69. The van der Waals surface area contributed by atoms with Crippen LogP contribution in [0.4, 0.5) is 0 Å². The molecule has 2 N–H and O–H groups in total. The zero-order chi connectivity index (χ0) is 11.5. The van der Waals surface area contributed by atoms with Crippen molar-refractivity contribution in [1.82, 2.24) is 9.88 Å².